The maximum atomic E-state index is 10.3. The van der Waals surface area contributed by atoms with Gasteiger partial charge in [0.1, 0.15) is 0 Å². The second-order valence-electron chi connectivity index (χ2n) is 4.93. The van der Waals surface area contributed by atoms with E-state index in [-0.39, 0.29) is 0 Å². The highest BCUT2D eigenvalue weighted by Gasteiger charge is 2.22. The van der Waals surface area contributed by atoms with Crippen molar-refractivity contribution in [1.29, 1.82) is 0 Å². The molecule has 0 aliphatic carbocycles. The fourth-order valence-corrected chi connectivity index (χ4v) is 3.06. The van der Waals surface area contributed by atoms with Gasteiger partial charge in [0.2, 0.25) is 0 Å². The highest BCUT2D eigenvalue weighted by atomic mass is 32.1. The number of fused-ring (bicyclic) bond motifs is 1. The molecule has 1 atom stereocenters. The first-order valence-corrected chi connectivity index (χ1v) is 7.20. The highest BCUT2D eigenvalue weighted by Crippen LogP contribution is 2.24. The molecular weight excluding hydrogens is 244 g/mol. The third kappa shape index (κ3) is 3.51. The predicted molar refractivity (Wildman–Crippen MR) is 77.1 cm³/mol. The van der Waals surface area contributed by atoms with Crippen molar-refractivity contribution < 1.29 is 5.11 Å². The number of nitrogens with zero attached hydrogens (tertiary/aromatic N) is 1. The molecule has 4 heteroatoms. The van der Waals surface area contributed by atoms with Crippen LogP contribution in [-0.4, -0.2) is 28.8 Å². The first kappa shape index (κ1) is 13.5. The molecule has 0 saturated heterocycles. The summed E-state index contributed by atoms with van der Waals surface area (Å²) in [5, 5.41) is 14.6. The van der Waals surface area contributed by atoms with Crippen molar-refractivity contribution in [2.24, 2.45) is 0 Å². The molecule has 0 bridgehead atoms. The molecule has 0 aliphatic rings. The summed E-state index contributed by atoms with van der Waals surface area (Å²) in [7, 11) is 0. The molecule has 0 spiro atoms. The average Bonchev–Trinajstić information content (AvgIpc) is 2.70. The molecule has 0 aliphatic heterocycles. The normalized spacial score (nSPS) is 14.8. The highest BCUT2D eigenvalue weighted by molar-refractivity contribution is 7.18. The second-order valence-corrected chi connectivity index (χ2v) is 6.04. The second kappa shape index (κ2) is 5.78. The molecule has 2 N–H and O–H groups in total. The number of rotatable bonds is 6. The SMILES string of the molecule is CCCNCC(C)(O)Cc1nc2ccccc2s1. The largest absolute Gasteiger partial charge is 0.388 e. The molecule has 0 saturated carbocycles. The number of para-hydroxylation sites is 1. The van der Waals surface area contributed by atoms with Crippen molar-refractivity contribution in [1.82, 2.24) is 10.3 Å². The van der Waals surface area contributed by atoms with Gasteiger partial charge in [-0.25, -0.2) is 4.98 Å². The minimum Gasteiger partial charge on any atom is -0.388 e. The number of aliphatic hydroxyl groups is 1. The van der Waals surface area contributed by atoms with Crippen LogP contribution in [0.5, 0.6) is 0 Å². The lowest BCUT2D eigenvalue weighted by molar-refractivity contribution is 0.0604. The van der Waals surface area contributed by atoms with Crippen LogP contribution in [0, 0.1) is 0 Å². The quantitative estimate of drug-likeness (QED) is 0.788. The summed E-state index contributed by atoms with van der Waals surface area (Å²) in [6.45, 7) is 5.53. The number of aromatic nitrogens is 1. The number of nitrogens with one attached hydrogen (secondary N) is 1. The van der Waals surface area contributed by atoms with Crippen molar-refractivity contribution in [3.63, 3.8) is 0 Å². The molecular formula is C14H20N2OS. The maximum absolute atomic E-state index is 10.3. The third-order valence-corrected chi connectivity index (χ3v) is 3.84. The Balaban J connectivity index is 2.03. The number of thiazole rings is 1. The molecule has 2 aromatic rings. The van der Waals surface area contributed by atoms with Gasteiger partial charge in [-0.3, -0.25) is 0 Å². The van der Waals surface area contributed by atoms with E-state index >= 15 is 0 Å². The van der Waals surface area contributed by atoms with Crippen molar-refractivity contribution in [3.8, 4) is 0 Å². The summed E-state index contributed by atoms with van der Waals surface area (Å²) in [5.74, 6) is 0. The van der Waals surface area contributed by atoms with Crippen molar-refractivity contribution in [3.05, 3.63) is 29.3 Å². The molecule has 3 nitrogen and oxygen atoms in total. The van der Waals surface area contributed by atoms with Crippen molar-refractivity contribution >= 4 is 21.6 Å². The van der Waals surface area contributed by atoms with Crippen LogP contribution in [0.25, 0.3) is 10.2 Å². The molecule has 1 aromatic carbocycles. The van der Waals surface area contributed by atoms with E-state index in [9.17, 15) is 5.11 Å². The fraction of sp³-hybridized carbons (Fsp3) is 0.500. The molecule has 0 radical (unpaired) electrons. The molecule has 1 aromatic heterocycles. The zero-order valence-electron chi connectivity index (χ0n) is 10.9. The van der Waals surface area contributed by atoms with E-state index in [1.54, 1.807) is 11.3 Å². The van der Waals surface area contributed by atoms with Crippen LogP contribution in [-0.2, 0) is 6.42 Å². The van der Waals surface area contributed by atoms with Gasteiger partial charge in [0.15, 0.2) is 0 Å². The zero-order chi connectivity index (χ0) is 13.0. The Kier molecular flexibility index (Phi) is 4.32. The van der Waals surface area contributed by atoms with Crippen LogP contribution in [0.4, 0.5) is 0 Å². The lowest BCUT2D eigenvalue weighted by atomic mass is 10.0. The first-order valence-electron chi connectivity index (χ1n) is 6.38. The Bertz CT molecular complexity index is 474. The van der Waals surface area contributed by atoms with E-state index in [0.29, 0.717) is 13.0 Å². The van der Waals surface area contributed by atoms with Crippen LogP contribution in [0.1, 0.15) is 25.3 Å². The Hall–Kier alpha value is -0.970. The Morgan fingerprint density at radius 3 is 2.89 bits per heavy atom. The van der Waals surface area contributed by atoms with E-state index in [2.05, 4.69) is 23.3 Å². The van der Waals surface area contributed by atoms with Crippen LogP contribution in [0.15, 0.2) is 24.3 Å². The molecule has 1 heterocycles. The van der Waals surface area contributed by atoms with Crippen LogP contribution in [0.3, 0.4) is 0 Å². The minimum atomic E-state index is -0.733. The van der Waals surface area contributed by atoms with Gasteiger partial charge < -0.3 is 10.4 Å². The molecule has 0 fully saturated rings. The molecule has 2 rings (SSSR count). The number of benzene rings is 1. The fourth-order valence-electron chi connectivity index (χ4n) is 1.92. The number of hydrogen-bond donors (Lipinski definition) is 2. The van der Waals surface area contributed by atoms with Crippen LogP contribution < -0.4 is 5.32 Å². The van der Waals surface area contributed by atoms with Gasteiger partial charge in [0, 0.05) is 13.0 Å². The molecule has 98 valence electrons. The third-order valence-electron chi connectivity index (χ3n) is 2.80. The van der Waals surface area contributed by atoms with Gasteiger partial charge in [-0.15, -0.1) is 11.3 Å². The molecule has 18 heavy (non-hydrogen) atoms. The smallest absolute Gasteiger partial charge is 0.0967 e. The Morgan fingerprint density at radius 2 is 2.17 bits per heavy atom. The first-order chi connectivity index (χ1) is 8.61. The monoisotopic (exact) mass is 264 g/mol. The lowest BCUT2D eigenvalue weighted by Gasteiger charge is -2.22. The van der Waals surface area contributed by atoms with E-state index < -0.39 is 5.60 Å². The minimum absolute atomic E-state index is 0.600. The topological polar surface area (TPSA) is 45.1 Å². The van der Waals surface area contributed by atoms with Crippen LogP contribution in [0.2, 0.25) is 0 Å². The van der Waals surface area contributed by atoms with Crippen molar-refractivity contribution in [2.45, 2.75) is 32.3 Å². The summed E-state index contributed by atoms with van der Waals surface area (Å²) >= 11 is 1.66. The van der Waals surface area contributed by atoms with Crippen molar-refractivity contribution in [2.75, 3.05) is 13.1 Å². The van der Waals surface area contributed by atoms with Gasteiger partial charge in [0.25, 0.3) is 0 Å². The van der Waals surface area contributed by atoms with Gasteiger partial charge in [-0.1, -0.05) is 19.1 Å². The zero-order valence-corrected chi connectivity index (χ0v) is 11.8. The summed E-state index contributed by atoms with van der Waals surface area (Å²) in [4.78, 5) is 4.56. The Morgan fingerprint density at radius 1 is 1.39 bits per heavy atom. The van der Waals surface area contributed by atoms with Gasteiger partial charge >= 0.3 is 0 Å². The predicted octanol–water partition coefficient (Wildman–Crippen LogP) is 2.59. The lowest BCUT2D eigenvalue weighted by Crippen LogP contribution is -2.39. The summed E-state index contributed by atoms with van der Waals surface area (Å²) in [6.07, 6.45) is 1.68. The molecule has 0 amide bonds. The van der Waals surface area contributed by atoms with E-state index in [1.165, 1.54) is 4.70 Å². The molecule has 1 unspecified atom stereocenters. The summed E-state index contributed by atoms with van der Waals surface area (Å²) < 4.78 is 1.19. The number of hydrogen-bond acceptors (Lipinski definition) is 4. The van der Waals surface area contributed by atoms with Crippen LogP contribution >= 0.6 is 11.3 Å². The summed E-state index contributed by atoms with van der Waals surface area (Å²) in [5.41, 5.74) is 0.290. The maximum Gasteiger partial charge on any atom is 0.0967 e. The van der Waals surface area contributed by atoms with E-state index in [1.807, 2.05) is 25.1 Å². The van der Waals surface area contributed by atoms with E-state index in [0.717, 1.165) is 23.5 Å². The standard InChI is InChI=1S/C14H20N2OS/c1-3-8-15-10-14(2,17)9-13-16-11-6-4-5-7-12(11)18-13/h4-7,15,17H,3,8-10H2,1-2H3. The Labute approximate surface area is 112 Å². The van der Waals surface area contributed by atoms with Gasteiger partial charge in [-0.05, 0) is 32.0 Å². The van der Waals surface area contributed by atoms with Gasteiger partial charge in [0.05, 0.1) is 20.8 Å². The van der Waals surface area contributed by atoms with Gasteiger partial charge in [-0.2, -0.15) is 0 Å². The summed E-state index contributed by atoms with van der Waals surface area (Å²) in [6, 6.07) is 8.10. The van der Waals surface area contributed by atoms with E-state index in [4.69, 9.17) is 0 Å². The average molecular weight is 264 g/mol.